The highest BCUT2D eigenvalue weighted by atomic mass is 16.5. The summed E-state index contributed by atoms with van der Waals surface area (Å²) in [7, 11) is 2.10. The molecular formula is C14H19NO3. The van der Waals surface area contributed by atoms with E-state index in [2.05, 4.69) is 11.9 Å². The molecule has 98 valence electrons. The van der Waals surface area contributed by atoms with Crippen molar-refractivity contribution >= 4 is 0 Å². The Labute approximate surface area is 107 Å². The number of fused-ring (bicyclic) bond motifs is 2. The quantitative estimate of drug-likeness (QED) is 0.686. The molecule has 0 atom stereocenters. The van der Waals surface area contributed by atoms with Crippen LogP contribution in [0, 0.1) is 0 Å². The summed E-state index contributed by atoms with van der Waals surface area (Å²) in [6.45, 7) is 3.36. The molecule has 0 aliphatic carbocycles. The van der Waals surface area contributed by atoms with Crippen molar-refractivity contribution < 1.29 is 14.9 Å². The molecule has 2 aliphatic heterocycles. The average Bonchev–Trinajstić information content (AvgIpc) is 2.33. The van der Waals surface area contributed by atoms with Crippen molar-refractivity contribution in [1.29, 1.82) is 0 Å². The summed E-state index contributed by atoms with van der Waals surface area (Å²) >= 11 is 0. The summed E-state index contributed by atoms with van der Waals surface area (Å²) < 4.78 is 5.47. The van der Waals surface area contributed by atoms with E-state index in [1.54, 1.807) is 12.1 Å². The molecule has 2 N–H and O–H groups in total. The maximum Gasteiger partial charge on any atom is 0.157 e. The van der Waals surface area contributed by atoms with Crippen LogP contribution in [0.5, 0.6) is 11.5 Å². The first-order chi connectivity index (χ1) is 8.61. The SMILES string of the molecule is CN1Cc2cc(O)c(O)cc2C2(CCOCC2)C1. The van der Waals surface area contributed by atoms with E-state index in [1.165, 1.54) is 5.56 Å². The standard InChI is InChI=1S/C14H19NO3/c1-15-8-10-6-12(16)13(17)7-11(10)14(9-15)2-4-18-5-3-14/h6-7,16-17H,2-5,8-9H2,1H3. The predicted molar refractivity (Wildman–Crippen MR) is 67.8 cm³/mol. The highest BCUT2D eigenvalue weighted by Crippen LogP contribution is 2.44. The Morgan fingerprint density at radius 3 is 2.56 bits per heavy atom. The van der Waals surface area contributed by atoms with Gasteiger partial charge in [-0.3, -0.25) is 0 Å². The first-order valence-electron chi connectivity index (χ1n) is 6.42. The van der Waals surface area contributed by atoms with Crippen molar-refractivity contribution in [3.05, 3.63) is 23.3 Å². The lowest BCUT2D eigenvalue weighted by molar-refractivity contribution is 0.0303. The van der Waals surface area contributed by atoms with E-state index in [1.807, 2.05) is 0 Å². The van der Waals surface area contributed by atoms with E-state index in [0.29, 0.717) is 0 Å². The monoisotopic (exact) mass is 249 g/mol. The second-order valence-corrected chi connectivity index (χ2v) is 5.56. The van der Waals surface area contributed by atoms with Crippen LogP contribution in [-0.4, -0.2) is 41.9 Å². The van der Waals surface area contributed by atoms with Gasteiger partial charge in [0.25, 0.3) is 0 Å². The second-order valence-electron chi connectivity index (χ2n) is 5.56. The third-order valence-electron chi connectivity index (χ3n) is 4.23. The van der Waals surface area contributed by atoms with Crippen LogP contribution in [0.4, 0.5) is 0 Å². The van der Waals surface area contributed by atoms with E-state index in [-0.39, 0.29) is 16.9 Å². The zero-order valence-electron chi connectivity index (χ0n) is 10.6. The summed E-state index contributed by atoms with van der Waals surface area (Å²) in [4.78, 5) is 2.28. The smallest absolute Gasteiger partial charge is 0.157 e. The highest BCUT2D eigenvalue weighted by molar-refractivity contribution is 5.49. The summed E-state index contributed by atoms with van der Waals surface area (Å²) in [5, 5.41) is 19.4. The predicted octanol–water partition coefficient (Wildman–Crippen LogP) is 1.59. The number of ether oxygens (including phenoxy) is 1. The van der Waals surface area contributed by atoms with Gasteiger partial charge in [-0.05, 0) is 43.1 Å². The first kappa shape index (κ1) is 11.8. The fourth-order valence-electron chi connectivity index (χ4n) is 3.38. The highest BCUT2D eigenvalue weighted by Gasteiger charge is 2.40. The minimum Gasteiger partial charge on any atom is -0.504 e. The Bertz CT molecular complexity index is 466. The fourth-order valence-corrected chi connectivity index (χ4v) is 3.38. The number of phenols is 2. The fraction of sp³-hybridized carbons (Fsp3) is 0.571. The Balaban J connectivity index is 2.11. The molecule has 0 amide bonds. The van der Waals surface area contributed by atoms with Crippen LogP contribution < -0.4 is 0 Å². The summed E-state index contributed by atoms with van der Waals surface area (Å²) in [6.07, 6.45) is 1.96. The van der Waals surface area contributed by atoms with E-state index in [9.17, 15) is 10.2 Å². The molecule has 4 heteroatoms. The number of benzene rings is 1. The number of phenolic OH excluding ortho intramolecular Hbond substituents is 2. The molecule has 1 fully saturated rings. The molecule has 18 heavy (non-hydrogen) atoms. The van der Waals surface area contributed by atoms with Crippen LogP contribution in [0.3, 0.4) is 0 Å². The third kappa shape index (κ3) is 1.76. The van der Waals surface area contributed by atoms with Crippen LogP contribution in [-0.2, 0) is 16.7 Å². The molecule has 0 bridgehead atoms. The van der Waals surface area contributed by atoms with E-state index >= 15 is 0 Å². The summed E-state index contributed by atoms with van der Waals surface area (Å²) in [6, 6.07) is 3.46. The Morgan fingerprint density at radius 1 is 1.17 bits per heavy atom. The zero-order valence-corrected chi connectivity index (χ0v) is 10.6. The Kier molecular flexibility index (Phi) is 2.72. The van der Waals surface area contributed by atoms with Gasteiger partial charge in [0.05, 0.1) is 0 Å². The first-order valence-corrected chi connectivity index (χ1v) is 6.42. The van der Waals surface area contributed by atoms with Gasteiger partial charge in [-0.1, -0.05) is 0 Å². The molecule has 4 nitrogen and oxygen atoms in total. The lowest BCUT2D eigenvalue weighted by Crippen LogP contribution is -2.47. The number of rotatable bonds is 0. The van der Waals surface area contributed by atoms with Crippen molar-refractivity contribution in [3.63, 3.8) is 0 Å². The minimum atomic E-state index is -0.0220. The second kappa shape index (κ2) is 4.14. The van der Waals surface area contributed by atoms with Crippen LogP contribution in [0.2, 0.25) is 0 Å². The molecule has 2 heterocycles. The van der Waals surface area contributed by atoms with E-state index in [4.69, 9.17) is 4.74 Å². The maximum absolute atomic E-state index is 9.76. The minimum absolute atomic E-state index is 0.0100. The number of hydrogen-bond acceptors (Lipinski definition) is 4. The number of aromatic hydroxyl groups is 2. The molecule has 0 aromatic heterocycles. The summed E-state index contributed by atoms with van der Waals surface area (Å²) in [5.41, 5.74) is 2.39. The van der Waals surface area contributed by atoms with Gasteiger partial charge < -0.3 is 19.8 Å². The topological polar surface area (TPSA) is 52.9 Å². The van der Waals surface area contributed by atoms with Gasteiger partial charge in [0.1, 0.15) is 0 Å². The van der Waals surface area contributed by atoms with Gasteiger partial charge in [0.15, 0.2) is 11.5 Å². The van der Waals surface area contributed by atoms with Gasteiger partial charge in [0, 0.05) is 31.7 Å². The van der Waals surface area contributed by atoms with Crippen LogP contribution in [0.1, 0.15) is 24.0 Å². The molecule has 1 spiro atoms. The van der Waals surface area contributed by atoms with Crippen molar-refractivity contribution in [3.8, 4) is 11.5 Å². The summed E-state index contributed by atoms with van der Waals surface area (Å²) in [5.74, 6) is -0.0320. The molecule has 1 saturated heterocycles. The van der Waals surface area contributed by atoms with Crippen molar-refractivity contribution in [2.45, 2.75) is 24.8 Å². The normalized spacial score (nSPS) is 22.9. The van der Waals surface area contributed by atoms with Crippen molar-refractivity contribution in [2.75, 3.05) is 26.8 Å². The Hall–Kier alpha value is -1.26. The average molecular weight is 249 g/mol. The molecule has 1 aromatic carbocycles. The number of nitrogens with zero attached hydrogens (tertiary/aromatic N) is 1. The van der Waals surface area contributed by atoms with Gasteiger partial charge in [0.2, 0.25) is 0 Å². The lowest BCUT2D eigenvalue weighted by atomic mass is 9.70. The molecule has 3 rings (SSSR count). The largest absolute Gasteiger partial charge is 0.504 e. The molecule has 0 radical (unpaired) electrons. The van der Waals surface area contributed by atoms with Crippen LogP contribution in [0.15, 0.2) is 12.1 Å². The molecule has 1 aromatic rings. The van der Waals surface area contributed by atoms with E-state index in [0.717, 1.165) is 44.7 Å². The van der Waals surface area contributed by atoms with Crippen molar-refractivity contribution in [2.24, 2.45) is 0 Å². The maximum atomic E-state index is 9.76. The van der Waals surface area contributed by atoms with Gasteiger partial charge in [-0.15, -0.1) is 0 Å². The molecule has 0 saturated carbocycles. The molecule has 0 unspecified atom stereocenters. The zero-order chi connectivity index (χ0) is 12.8. The Morgan fingerprint density at radius 2 is 1.83 bits per heavy atom. The molecule has 2 aliphatic rings. The number of likely N-dealkylation sites (N-methyl/N-ethyl adjacent to an activating group) is 1. The molecular weight excluding hydrogens is 230 g/mol. The van der Waals surface area contributed by atoms with E-state index < -0.39 is 0 Å². The third-order valence-corrected chi connectivity index (χ3v) is 4.23. The number of hydrogen-bond donors (Lipinski definition) is 2. The van der Waals surface area contributed by atoms with Gasteiger partial charge in [-0.25, -0.2) is 0 Å². The van der Waals surface area contributed by atoms with Gasteiger partial charge >= 0.3 is 0 Å². The van der Waals surface area contributed by atoms with Gasteiger partial charge in [-0.2, -0.15) is 0 Å². The van der Waals surface area contributed by atoms with Crippen LogP contribution >= 0.6 is 0 Å². The van der Waals surface area contributed by atoms with Crippen molar-refractivity contribution in [1.82, 2.24) is 4.90 Å². The van der Waals surface area contributed by atoms with Crippen LogP contribution in [0.25, 0.3) is 0 Å². The lowest BCUT2D eigenvalue weighted by Gasteiger charge is -2.45.